The van der Waals surface area contributed by atoms with Gasteiger partial charge in [0.05, 0.1) is 24.1 Å². The second-order valence-corrected chi connectivity index (χ2v) is 5.60. The van der Waals surface area contributed by atoms with E-state index in [9.17, 15) is 14.7 Å². The largest absolute Gasteiger partial charge is 0.481 e. The number of methoxy groups -OCH3 is 1. The number of pyridine rings is 1. The van der Waals surface area contributed by atoms with E-state index in [2.05, 4.69) is 10.3 Å². The summed E-state index contributed by atoms with van der Waals surface area (Å²) in [4.78, 5) is 27.7. The van der Waals surface area contributed by atoms with Gasteiger partial charge in [0.1, 0.15) is 0 Å². The maximum atomic E-state index is 12.3. The molecule has 2 unspecified atom stereocenters. The average Bonchev–Trinajstić information content (AvgIpc) is 2.47. The van der Waals surface area contributed by atoms with Gasteiger partial charge < -0.3 is 15.2 Å². The molecule has 6 nitrogen and oxygen atoms in total. The first-order valence-corrected chi connectivity index (χ1v) is 7.01. The summed E-state index contributed by atoms with van der Waals surface area (Å²) in [6, 6.07) is 3.22. The first-order chi connectivity index (χ1) is 9.96. The third-order valence-electron chi connectivity index (χ3n) is 4.11. The van der Waals surface area contributed by atoms with E-state index in [-0.39, 0.29) is 5.91 Å². The standard InChI is InChI=1S/C15H20N2O4/c1-15(8-4-3-5-11(15)14(19)20)17-13(18)10-6-7-12(21-2)16-9-10/h6-7,9,11H,3-5,8H2,1-2H3,(H,17,18)(H,19,20). The molecule has 1 saturated carbocycles. The number of ether oxygens (including phenoxy) is 1. The minimum Gasteiger partial charge on any atom is -0.481 e. The lowest BCUT2D eigenvalue weighted by atomic mass is 9.74. The molecule has 2 rings (SSSR count). The van der Waals surface area contributed by atoms with Crippen LogP contribution in [0.15, 0.2) is 18.3 Å². The maximum absolute atomic E-state index is 12.3. The third kappa shape index (κ3) is 3.32. The Morgan fingerprint density at radius 2 is 2.19 bits per heavy atom. The van der Waals surface area contributed by atoms with Crippen LogP contribution in [0, 0.1) is 5.92 Å². The Morgan fingerprint density at radius 3 is 2.76 bits per heavy atom. The summed E-state index contributed by atoms with van der Waals surface area (Å²) in [6.45, 7) is 1.81. The first kappa shape index (κ1) is 15.3. The van der Waals surface area contributed by atoms with Crippen molar-refractivity contribution in [2.45, 2.75) is 38.1 Å². The number of amides is 1. The molecule has 21 heavy (non-hydrogen) atoms. The number of carboxylic acid groups (broad SMARTS) is 1. The second kappa shape index (κ2) is 6.11. The molecule has 1 amide bonds. The van der Waals surface area contributed by atoms with Crippen LogP contribution in [-0.2, 0) is 4.79 Å². The number of aromatic nitrogens is 1. The molecule has 114 valence electrons. The minimum absolute atomic E-state index is 0.305. The number of nitrogens with zero attached hydrogens (tertiary/aromatic N) is 1. The topological polar surface area (TPSA) is 88.5 Å². The molecule has 1 aliphatic carbocycles. The molecular formula is C15H20N2O4. The van der Waals surface area contributed by atoms with Crippen LogP contribution in [0.25, 0.3) is 0 Å². The predicted molar refractivity (Wildman–Crippen MR) is 76.3 cm³/mol. The van der Waals surface area contributed by atoms with E-state index >= 15 is 0 Å². The molecule has 0 spiro atoms. The van der Waals surface area contributed by atoms with Crippen molar-refractivity contribution < 1.29 is 19.4 Å². The SMILES string of the molecule is COc1ccc(C(=O)NC2(C)CCCCC2C(=O)O)cn1. The molecule has 1 fully saturated rings. The molecule has 0 radical (unpaired) electrons. The van der Waals surface area contributed by atoms with Crippen molar-refractivity contribution in [2.75, 3.05) is 7.11 Å². The third-order valence-corrected chi connectivity index (χ3v) is 4.11. The van der Waals surface area contributed by atoms with E-state index in [0.29, 0.717) is 24.3 Å². The van der Waals surface area contributed by atoms with Crippen molar-refractivity contribution >= 4 is 11.9 Å². The Bertz CT molecular complexity index is 529. The molecule has 2 N–H and O–H groups in total. The highest BCUT2D eigenvalue weighted by Crippen LogP contribution is 2.34. The lowest BCUT2D eigenvalue weighted by Crippen LogP contribution is -2.55. The van der Waals surface area contributed by atoms with Crippen molar-refractivity contribution in [2.24, 2.45) is 5.92 Å². The second-order valence-electron chi connectivity index (χ2n) is 5.60. The number of hydrogen-bond acceptors (Lipinski definition) is 4. The summed E-state index contributed by atoms with van der Waals surface area (Å²) < 4.78 is 4.95. The van der Waals surface area contributed by atoms with Gasteiger partial charge in [0.25, 0.3) is 5.91 Å². The van der Waals surface area contributed by atoms with Crippen LogP contribution in [0.4, 0.5) is 0 Å². The number of rotatable bonds is 4. The van der Waals surface area contributed by atoms with Crippen molar-refractivity contribution in [1.29, 1.82) is 0 Å². The molecular weight excluding hydrogens is 272 g/mol. The zero-order chi connectivity index (χ0) is 15.5. The highest BCUT2D eigenvalue weighted by atomic mass is 16.5. The van der Waals surface area contributed by atoms with Crippen LogP contribution in [0.1, 0.15) is 43.0 Å². The fourth-order valence-electron chi connectivity index (χ4n) is 2.85. The van der Waals surface area contributed by atoms with E-state index in [0.717, 1.165) is 12.8 Å². The average molecular weight is 292 g/mol. The van der Waals surface area contributed by atoms with Crippen molar-refractivity contribution in [3.8, 4) is 5.88 Å². The zero-order valence-electron chi connectivity index (χ0n) is 12.3. The Balaban J connectivity index is 2.13. The minimum atomic E-state index is -0.856. The van der Waals surface area contributed by atoms with E-state index < -0.39 is 17.4 Å². The van der Waals surface area contributed by atoms with E-state index in [4.69, 9.17) is 4.74 Å². The van der Waals surface area contributed by atoms with Gasteiger partial charge >= 0.3 is 5.97 Å². The Kier molecular flexibility index (Phi) is 4.45. The normalized spacial score (nSPS) is 25.1. The molecule has 0 saturated heterocycles. The summed E-state index contributed by atoms with van der Waals surface area (Å²) in [7, 11) is 1.50. The number of carbonyl (C=O) groups is 2. The van der Waals surface area contributed by atoms with Gasteiger partial charge in [0.2, 0.25) is 5.88 Å². The lowest BCUT2D eigenvalue weighted by Gasteiger charge is -2.39. The fourth-order valence-corrected chi connectivity index (χ4v) is 2.85. The number of carbonyl (C=O) groups excluding carboxylic acids is 1. The van der Waals surface area contributed by atoms with Gasteiger partial charge in [0.15, 0.2) is 0 Å². The van der Waals surface area contributed by atoms with Gasteiger partial charge in [-0.05, 0) is 25.8 Å². The Hall–Kier alpha value is -2.11. The van der Waals surface area contributed by atoms with Crippen molar-refractivity contribution in [3.63, 3.8) is 0 Å². The van der Waals surface area contributed by atoms with Crippen molar-refractivity contribution in [3.05, 3.63) is 23.9 Å². The van der Waals surface area contributed by atoms with Gasteiger partial charge in [0, 0.05) is 12.3 Å². The molecule has 2 atom stereocenters. The summed E-state index contributed by atoms with van der Waals surface area (Å²) in [6.07, 6.45) is 4.48. The summed E-state index contributed by atoms with van der Waals surface area (Å²) in [5, 5.41) is 12.2. The van der Waals surface area contributed by atoms with E-state index in [1.807, 2.05) is 0 Å². The van der Waals surface area contributed by atoms with Gasteiger partial charge in [-0.3, -0.25) is 9.59 Å². The number of aliphatic carboxylic acids is 1. The van der Waals surface area contributed by atoms with Gasteiger partial charge in [-0.15, -0.1) is 0 Å². The molecule has 1 heterocycles. The lowest BCUT2D eigenvalue weighted by molar-refractivity contribution is -0.145. The highest BCUT2D eigenvalue weighted by molar-refractivity contribution is 5.94. The van der Waals surface area contributed by atoms with Crippen LogP contribution < -0.4 is 10.1 Å². The molecule has 0 bridgehead atoms. The molecule has 0 aromatic carbocycles. The highest BCUT2D eigenvalue weighted by Gasteiger charge is 2.42. The first-order valence-electron chi connectivity index (χ1n) is 7.01. The summed E-state index contributed by atoms with van der Waals surface area (Å²) in [5.41, 5.74) is -0.326. The molecule has 6 heteroatoms. The van der Waals surface area contributed by atoms with Gasteiger partial charge in [-0.2, -0.15) is 0 Å². The number of hydrogen-bond donors (Lipinski definition) is 2. The van der Waals surface area contributed by atoms with E-state index in [1.54, 1.807) is 19.1 Å². The molecule has 1 aliphatic rings. The van der Waals surface area contributed by atoms with Crippen molar-refractivity contribution in [1.82, 2.24) is 10.3 Å². The summed E-state index contributed by atoms with van der Waals surface area (Å²) in [5.74, 6) is -1.29. The Morgan fingerprint density at radius 1 is 1.43 bits per heavy atom. The Labute approximate surface area is 123 Å². The van der Waals surface area contributed by atoms with Crippen LogP contribution in [-0.4, -0.2) is 34.6 Å². The molecule has 0 aliphatic heterocycles. The summed E-state index contributed by atoms with van der Waals surface area (Å²) >= 11 is 0. The van der Waals surface area contributed by atoms with Gasteiger partial charge in [-0.1, -0.05) is 12.8 Å². The number of carboxylic acids is 1. The van der Waals surface area contributed by atoms with Crippen LogP contribution in [0.2, 0.25) is 0 Å². The van der Waals surface area contributed by atoms with E-state index in [1.165, 1.54) is 13.3 Å². The quantitative estimate of drug-likeness (QED) is 0.884. The monoisotopic (exact) mass is 292 g/mol. The van der Waals surface area contributed by atoms with Gasteiger partial charge in [-0.25, -0.2) is 4.98 Å². The van der Waals surface area contributed by atoms with Crippen LogP contribution >= 0.6 is 0 Å². The zero-order valence-corrected chi connectivity index (χ0v) is 12.3. The number of nitrogens with one attached hydrogen (secondary N) is 1. The fraction of sp³-hybridized carbons (Fsp3) is 0.533. The molecule has 1 aromatic heterocycles. The smallest absolute Gasteiger partial charge is 0.308 e. The predicted octanol–water partition coefficient (Wildman–Crippen LogP) is 1.85. The maximum Gasteiger partial charge on any atom is 0.308 e. The van der Waals surface area contributed by atoms with Crippen LogP contribution in [0.5, 0.6) is 5.88 Å². The van der Waals surface area contributed by atoms with Crippen LogP contribution in [0.3, 0.4) is 0 Å². The molecule has 1 aromatic rings.